The largest absolute Gasteiger partial charge is 0.382 e. The molecule has 0 aliphatic carbocycles. The van der Waals surface area contributed by atoms with Gasteiger partial charge in [-0.1, -0.05) is 25.1 Å². The molecular weight excluding hydrogens is 224 g/mol. The van der Waals surface area contributed by atoms with Crippen molar-refractivity contribution in [2.24, 2.45) is 0 Å². The standard InChI is InChI=1S/C14H20N4/c1-4-6-11-17-13(14(15)18(11)16)12-9(2)7-5-8-10(12)3/h5,7-8H,4,6,15-16H2,1-3H3. The minimum Gasteiger partial charge on any atom is -0.382 e. The van der Waals surface area contributed by atoms with E-state index in [0.29, 0.717) is 5.82 Å². The average molecular weight is 244 g/mol. The number of anilines is 1. The monoisotopic (exact) mass is 244 g/mol. The van der Waals surface area contributed by atoms with E-state index in [1.807, 2.05) is 6.07 Å². The molecule has 0 amide bonds. The molecule has 18 heavy (non-hydrogen) atoms. The summed E-state index contributed by atoms with van der Waals surface area (Å²) in [4.78, 5) is 4.60. The number of hydrogen-bond acceptors (Lipinski definition) is 3. The number of imidazole rings is 1. The Morgan fingerprint density at radius 3 is 2.39 bits per heavy atom. The van der Waals surface area contributed by atoms with E-state index in [1.165, 1.54) is 15.8 Å². The SMILES string of the molecule is CCCc1nc(-c2c(C)cccc2C)c(N)n1N. The molecule has 0 spiro atoms. The van der Waals surface area contributed by atoms with Gasteiger partial charge in [0.25, 0.3) is 0 Å². The summed E-state index contributed by atoms with van der Waals surface area (Å²) in [7, 11) is 0. The van der Waals surface area contributed by atoms with Crippen LogP contribution in [-0.2, 0) is 6.42 Å². The zero-order valence-corrected chi connectivity index (χ0v) is 11.2. The highest BCUT2D eigenvalue weighted by Gasteiger charge is 2.16. The average Bonchev–Trinajstić information content (AvgIpc) is 2.59. The van der Waals surface area contributed by atoms with Crippen molar-refractivity contribution >= 4 is 5.82 Å². The van der Waals surface area contributed by atoms with Crippen LogP contribution in [0, 0.1) is 13.8 Å². The molecule has 1 heterocycles. The number of rotatable bonds is 3. The van der Waals surface area contributed by atoms with Gasteiger partial charge >= 0.3 is 0 Å². The molecule has 0 atom stereocenters. The Balaban J connectivity index is 2.61. The summed E-state index contributed by atoms with van der Waals surface area (Å²) >= 11 is 0. The van der Waals surface area contributed by atoms with Crippen molar-refractivity contribution in [2.75, 3.05) is 11.6 Å². The molecule has 0 unspecified atom stereocenters. The molecule has 1 aromatic heterocycles. The quantitative estimate of drug-likeness (QED) is 0.815. The van der Waals surface area contributed by atoms with E-state index < -0.39 is 0 Å². The van der Waals surface area contributed by atoms with Crippen molar-refractivity contribution in [1.82, 2.24) is 9.66 Å². The predicted octanol–water partition coefficient (Wildman–Crippen LogP) is 2.42. The van der Waals surface area contributed by atoms with Gasteiger partial charge in [-0.15, -0.1) is 0 Å². The van der Waals surface area contributed by atoms with E-state index in [1.54, 1.807) is 0 Å². The van der Waals surface area contributed by atoms with Crippen LogP contribution in [0.15, 0.2) is 18.2 Å². The maximum absolute atomic E-state index is 6.08. The lowest BCUT2D eigenvalue weighted by atomic mass is 10.0. The predicted molar refractivity (Wildman–Crippen MR) is 75.7 cm³/mol. The first-order valence-corrected chi connectivity index (χ1v) is 6.25. The Hall–Kier alpha value is -1.97. The lowest BCUT2D eigenvalue weighted by Gasteiger charge is -2.07. The summed E-state index contributed by atoms with van der Waals surface area (Å²) in [6, 6.07) is 6.17. The lowest BCUT2D eigenvalue weighted by Crippen LogP contribution is -2.15. The van der Waals surface area contributed by atoms with Crippen molar-refractivity contribution in [1.29, 1.82) is 0 Å². The van der Waals surface area contributed by atoms with E-state index in [-0.39, 0.29) is 0 Å². The minimum atomic E-state index is 0.538. The molecule has 2 aromatic rings. The number of aromatic nitrogens is 2. The number of hydrogen-bond donors (Lipinski definition) is 2. The maximum Gasteiger partial charge on any atom is 0.150 e. The third-order valence-electron chi connectivity index (χ3n) is 3.21. The highest BCUT2D eigenvalue weighted by molar-refractivity contribution is 5.76. The minimum absolute atomic E-state index is 0.538. The molecule has 0 bridgehead atoms. The van der Waals surface area contributed by atoms with E-state index in [4.69, 9.17) is 11.6 Å². The molecule has 4 N–H and O–H groups in total. The summed E-state index contributed by atoms with van der Waals surface area (Å²) < 4.78 is 1.50. The van der Waals surface area contributed by atoms with Crippen LogP contribution in [0.25, 0.3) is 11.3 Å². The Morgan fingerprint density at radius 1 is 1.22 bits per heavy atom. The van der Waals surface area contributed by atoms with Gasteiger partial charge in [-0.2, -0.15) is 0 Å². The highest BCUT2D eigenvalue weighted by Crippen LogP contribution is 2.30. The number of nitrogens with two attached hydrogens (primary N) is 2. The van der Waals surface area contributed by atoms with Gasteiger partial charge in [0.05, 0.1) is 0 Å². The van der Waals surface area contributed by atoms with Gasteiger partial charge in [-0.3, -0.25) is 0 Å². The third-order valence-corrected chi connectivity index (χ3v) is 3.21. The van der Waals surface area contributed by atoms with Crippen LogP contribution in [0.2, 0.25) is 0 Å². The molecule has 0 radical (unpaired) electrons. The van der Waals surface area contributed by atoms with Gasteiger partial charge in [-0.05, 0) is 31.4 Å². The van der Waals surface area contributed by atoms with Crippen LogP contribution in [0.5, 0.6) is 0 Å². The van der Waals surface area contributed by atoms with E-state index >= 15 is 0 Å². The second-order valence-electron chi connectivity index (χ2n) is 4.65. The lowest BCUT2D eigenvalue weighted by molar-refractivity contribution is 0.794. The Morgan fingerprint density at radius 2 is 1.83 bits per heavy atom. The molecular formula is C14H20N4. The number of nitrogens with zero attached hydrogens (tertiary/aromatic N) is 2. The Kier molecular flexibility index (Phi) is 3.28. The topological polar surface area (TPSA) is 69.9 Å². The van der Waals surface area contributed by atoms with Gasteiger partial charge in [0.1, 0.15) is 11.5 Å². The molecule has 0 aliphatic heterocycles. The fourth-order valence-corrected chi connectivity index (χ4v) is 2.27. The Bertz CT molecular complexity index is 549. The van der Waals surface area contributed by atoms with Gasteiger partial charge in [0, 0.05) is 12.0 Å². The number of benzene rings is 1. The molecule has 4 heteroatoms. The first-order valence-electron chi connectivity index (χ1n) is 6.25. The summed E-state index contributed by atoms with van der Waals surface area (Å²) in [6.07, 6.45) is 1.84. The normalized spacial score (nSPS) is 10.8. The zero-order valence-electron chi connectivity index (χ0n) is 11.2. The number of aryl methyl sites for hydroxylation is 3. The molecule has 0 saturated carbocycles. The van der Waals surface area contributed by atoms with Crippen LogP contribution in [0.4, 0.5) is 5.82 Å². The van der Waals surface area contributed by atoms with Crippen molar-refractivity contribution in [3.8, 4) is 11.3 Å². The van der Waals surface area contributed by atoms with E-state index in [2.05, 4.69) is 37.9 Å². The Labute approximate surface area is 108 Å². The summed E-state index contributed by atoms with van der Waals surface area (Å²) in [5.41, 5.74) is 10.3. The smallest absolute Gasteiger partial charge is 0.150 e. The van der Waals surface area contributed by atoms with Crippen LogP contribution in [0.3, 0.4) is 0 Å². The maximum atomic E-state index is 6.08. The first-order chi connectivity index (χ1) is 8.56. The molecule has 2 rings (SSSR count). The van der Waals surface area contributed by atoms with Crippen molar-refractivity contribution < 1.29 is 0 Å². The fraction of sp³-hybridized carbons (Fsp3) is 0.357. The van der Waals surface area contributed by atoms with Gasteiger partial charge in [0.15, 0.2) is 5.82 Å². The van der Waals surface area contributed by atoms with Gasteiger partial charge in [-0.25, -0.2) is 9.66 Å². The summed E-state index contributed by atoms with van der Waals surface area (Å²) in [6.45, 7) is 6.23. The van der Waals surface area contributed by atoms with Crippen LogP contribution < -0.4 is 11.6 Å². The van der Waals surface area contributed by atoms with Crippen LogP contribution in [-0.4, -0.2) is 9.66 Å². The van der Waals surface area contributed by atoms with E-state index in [0.717, 1.165) is 29.9 Å². The second kappa shape index (κ2) is 4.72. The van der Waals surface area contributed by atoms with E-state index in [9.17, 15) is 0 Å². The van der Waals surface area contributed by atoms with Crippen molar-refractivity contribution in [3.05, 3.63) is 35.2 Å². The highest BCUT2D eigenvalue weighted by atomic mass is 15.4. The van der Waals surface area contributed by atoms with Gasteiger partial charge < -0.3 is 11.6 Å². The van der Waals surface area contributed by atoms with Crippen LogP contribution in [0.1, 0.15) is 30.3 Å². The number of nitrogen functional groups attached to an aromatic ring is 2. The third kappa shape index (κ3) is 1.94. The van der Waals surface area contributed by atoms with Crippen molar-refractivity contribution in [2.45, 2.75) is 33.6 Å². The molecule has 1 aromatic carbocycles. The molecule has 0 saturated heterocycles. The fourth-order valence-electron chi connectivity index (χ4n) is 2.27. The molecule has 0 aliphatic rings. The summed E-state index contributed by atoms with van der Waals surface area (Å²) in [5, 5.41) is 0. The molecule has 4 nitrogen and oxygen atoms in total. The van der Waals surface area contributed by atoms with Crippen LogP contribution >= 0.6 is 0 Å². The molecule has 96 valence electrons. The second-order valence-corrected chi connectivity index (χ2v) is 4.65. The summed E-state index contributed by atoms with van der Waals surface area (Å²) in [5.74, 6) is 7.33. The van der Waals surface area contributed by atoms with Gasteiger partial charge in [0.2, 0.25) is 0 Å². The first kappa shape index (κ1) is 12.5. The zero-order chi connectivity index (χ0) is 13.3. The molecule has 0 fully saturated rings. The van der Waals surface area contributed by atoms with Crippen molar-refractivity contribution in [3.63, 3.8) is 0 Å².